The molecule has 17 heavy (non-hydrogen) atoms. The molecule has 0 saturated heterocycles. The zero-order valence-corrected chi connectivity index (χ0v) is 9.78. The Labute approximate surface area is 101 Å². The molecule has 0 fully saturated rings. The third kappa shape index (κ3) is 2.54. The highest BCUT2D eigenvalue weighted by Crippen LogP contribution is 2.28. The second kappa shape index (κ2) is 4.42. The van der Waals surface area contributed by atoms with E-state index in [9.17, 15) is 9.90 Å². The van der Waals surface area contributed by atoms with E-state index in [1.165, 1.54) is 16.7 Å². The lowest BCUT2D eigenvalue weighted by Gasteiger charge is -2.05. The van der Waals surface area contributed by atoms with Gasteiger partial charge in [-0.05, 0) is 24.6 Å². The molecule has 0 bridgehead atoms. The van der Waals surface area contributed by atoms with Crippen molar-refractivity contribution in [2.45, 2.75) is 6.92 Å². The maximum Gasteiger partial charge on any atom is 0.355 e. The van der Waals surface area contributed by atoms with E-state index in [2.05, 4.69) is 10.3 Å². The second-order valence-electron chi connectivity index (χ2n) is 3.49. The van der Waals surface area contributed by atoms with Gasteiger partial charge in [0.15, 0.2) is 10.8 Å². The van der Waals surface area contributed by atoms with E-state index in [4.69, 9.17) is 5.11 Å². The number of aromatic nitrogens is 1. The first-order valence-corrected chi connectivity index (χ1v) is 5.69. The molecule has 3 N–H and O–H groups in total. The lowest BCUT2D eigenvalue weighted by molar-refractivity contribution is 0.0691. The standard InChI is InChI=1S/C11H10N2O3S/c1-6-2-3-7(9(14)4-6)12-11-13-8(5-17-11)10(15)16/h2-5,14H,1H3,(H,12,13)(H,15,16). The van der Waals surface area contributed by atoms with Crippen LogP contribution in [0.4, 0.5) is 10.8 Å². The molecule has 2 aromatic rings. The first kappa shape index (κ1) is 11.4. The van der Waals surface area contributed by atoms with Crippen molar-refractivity contribution in [3.63, 3.8) is 0 Å². The summed E-state index contributed by atoms with van der Waals surface area (Å²) in [7, 11) is 0. The van der Waals surface area contributed by atoms with E-state index in [-0.39, 0.29) is 11.4 Å². The Morgan fingerprint density at radius 1 is 1.47 bits per heavy atom. The van der Waals surface area contributed by atoms with Gasteiger partial charge >= 0.3 is 5.97 Å². The monoisotopic (exact) mass is 250 g/mol. The SMILES string of the molecule is Cc1ccc(Nc2nc(C(=O)O)cs2)c(O)c1. The fourth-order valence-electron chi connectivity index (χ4n) is 1.29. The largest absolute Gasteiger partial charge is 0.506 e. The fourth-order valence-corrected chi connectivity index (χ4v) is 1.99. The number of nitrogens with one attached hydrogen (secondary N) is 1. The van der Waals surface area contributed by atoms with Crippen LogP contribution in [-0.4, -0.2) is 21.2 Å². The molecule has 1 aromatic carbocycles. The van der Waals surface area contributed by atoms with Gasteiger partial charge in [-0.25, -0.2) is 9.78 Å². The number of nitrogens with zero attached hydrogens (tertiary/aromatic N) is 1. The summed E-state index contributed by atoms with van der Waals surface area (Å²) in [5.41, 5.74) is 1.43. The Morgan fingerprint density at radius 3 is 2.82 bits per heavy atom. The van der Waals surface area contributed by atoms with Crippen LogP contribution in [0.3, 0.4) is 0 Å². The third-order valence-electron chi connectivity index (χ3n) is 2.12. The number of hydrogen-bond acceptors (Lipinski definition) is 5. The van der Waals surface area contributed by atoms with Crippen LogP contribution >= 0.6 is 11.3 Å². The minimum atomic E-state index is -1.07. The number of phenols is 1. The number of carboxylic acid groups (broad SMARTS) is 1. The van der Waals surface area contributed by atoms with Gasteiger partial charge in [0.2, 0.25) is 0 Å². The van der Waals surface area contributed by atoms with Gasteiger partial charge < -0.3 is 15.5 Å². The van der Waals surface area contributed by atoms with Gasteiger partial charge in [0.05, 0.1) is 5.69 Å². The number of benzene rings is 1. The van der Waals surface area contributed by atoms with Crippen molar-refractivity contribution in [1.82, 2.24) is 4.98 Å². The molecule has 88 valence electrons. The number of hydrogen-bond donors (Lipinski definition) is 3. The number of aromatic hydroxyl groups is 1. The molecule has 6 heteroatoms. The number of phenolic OH excluding ortho intramolecular Hbond substituents is 1. The van der Waals surface area contributed by atoms with Crippen molar-refractivity contribution in [2.75, 3.05) is 5.32 Å². The minimum Gasteiger partial charge on any atom is -0.506 e. The van der Waals surface area contributed by atoms with Crippen molar-refractivity contribution in [3.05, 3.63) is 34.8 Å². The molecule has 0 amide bonds. The van der Waals surface area contributed by atoms with Crippen molar-refractivity contribution in [2.24, 2.45) is 0 Å². The maximum atomic E-state index is 10.6. The molecule has 0 aliphatic rings. The number of carboxylic acids is 1. The first-order valence-electron chi connectivity index (χ1n) is 4.82. The highest BCUT2D eigenvalue weighted by Gasteiger charge is 2.09. The van der Waals surface area contributed by atoms with Crippen molar-refractivity contribution >= 4 is 28.1 Å². The number of carbonyl (C=O) groups is 1. The summed E-state index contributed by atoms with van der Waals surface area (Å²) in [6.45, 7) is 1.87. The second-order valence-corrected chi connectivity index (χ2v) is 4.35. The molecule has 0 spiro atoms. The summed E-state index contributed by atoms with van der Waals surface area (Å²) in [5, 5.41) is 23.1. The van der Waals surface area contributed by atoms with Gasteiger partial charge in [-0.15, -0.1) is 11.3 Å². The highest BCUT2D eigenvalue weighted by atomic mass is 32.1. The summed E-state index contributed by atoms with van der Waals surface area (Å²) in [4.78, 5) is 14.5. The smallest absolute Gasteiger partial charge is 0.355 e. The Hall–Kier alpha value is -2.08. The lowest BCUT2D eigenvalue weighted by atomic mass is 10.2. The zero-order valence-electron chi connectivity index (χ0n) is 8.97. The predicted octanol–water partition coefficient (Wildman–Crippen LogP) is 2.60. The average Bonchev–Trinajstić information content (AvgIpc) is 2.71. The van der Waals surface area contributed by atoms with Gasteiger partial charge in [0.1, 0.15) is 5.75 Å². The number of aromatic carboxylic acids is 1. The van der Waals surface area contributed by atoms with Gasteiger partial charge in [0, 0.05) is 5.38 Å². The lowest BCUT2D eigenvalue weighted by Crippen LogP contribution is -1.97. The maximum absolute atomic E-state index is 10.6. The topological polar surface area (TPSA) is 82.5 Å². The molecule has 2 rings (SSSR count). The molecule has 1 aromatic heterocycles. The van der Waals surface area contributed by atoms with Crippen LogP contribution < -0.4 is 5.32 Å². The third-order valence-corrected chi connectivity index (χ3v) is 2.88. The normalized spacial score (nSPS) is 10.2. The quantitative estimate of drug-likeness (QED) is 0.729. The van der Waals surface area contributed by atoms with Crippen molar-refractivity contribution in [1.29, 1.82) is 0 Å². The van der Waals surface area contributed by atoms with E-state index >= 15 is 0 Å². The molecule has 0 aliphatic carbocycles. The van der Waals surface area contributed by atoms with E-state index in [1.54, 1.807) is 12.1 Å². The minimum absolute atomic E-state index is 0.0101. The fraction of sp³-hybridized carbons (Fsp3) is 0.0909. The molecule has 0 radical (unpaired) electrons. The molecule has 0 aliphatic heterocycles. The number of rotatable bonds is 3. The van der Waals surface area contributed by atoms with Crippen molar-refractivity contribution in [3.8, 4) is 5.75 Å². The van der Waals surface area contributed by atoms with E-state index in [0.717, 1.165) is 5.56 Å². The summed E-state index contributed by atoms with van der Waals surface area (Å²) in [5.74, 6) is -0.959. The summed E-state index contributed by atoms with van der Waals surface area (Å²) >= 11 is 1.17. The number of aryl methyl sites for hydroxylation is 1. The molecular formula is C11H10N2O3S. The van der Waals surface area contributed by atoms with Gasteiger partial charge in [-0.2, -0.15) is 0 Å². The summed E-state index contributed by atoms with van der Waals surface area (Å²) in [6, 6.07) is 5.17. The Bertz CT molecular complexity index is 566. The molecule has 5 nitrogen and oxygen atoms in total. The van der Waals surface area contributed by atoms with Crippen LogP contribution in [0, 0.1) is 6.92 Å². The molecule has 0 saturated carbocycles. The van der Waals surface area contributed by atoms with Gasteiger partial charge in [-0.1, -0.05) is 6.07 Å². The first-order chi connectivity index (χ1) is 8.06. The van der Waals surface area contributed by atoms with Crippen LogP contribution in [-0.2, 0) is 0 Å². The van der Waals surface area contributed by atoms with Crippen LogP contribution in [0.15, 0.2) is 23.6 Å². The van der Waals surface area contributed by atoms with Crippen LogP contribution in [0.2, 0.25) is 0 Å². The van der Waals surface area contributed by atoms with Crippen LogP contribution in [0.25, 0.3) is 0 Å². The number of anilines is 2. The van der Waals surface area contributed by atoms with E-state index in [1.807, 2.05) is 13.0 Å². The Balaban J connectivity index is 2.22. The Morgan fingerprint density at radius 2 is 2.24 bits per heavy atom. The van der Waals surface area contributed by atoms with Crippen LogP contribution in [0.5, 0.6) is 5.75 Å². The molecule has 1 heterocycles. The predicted molar refractivity (Wildman–Crippen MR) is 65.2 cm³/mol. The molecule has 0 atom stereocenters. The Kier molecular flexibility index (Phi) is 2.97. The van der Waals surface area contributed by atoms with Gasteiger partial charge in [0.25, 0.3) is 0 Å². The summed E-state index contributed by atoms with van der Waals surface area (Å²) < 4.78 is 0. The van der Waals surface area contributed by atoms with E-state index in [0.29, 0.717) is 10.8 Å². The van der Waals surface area contributed by atoms with Gasteiger partial charge in [-0.3, -0.25) is 0 Å². The van der Waals surface area contributed by atoms with Crippen LogP contribution in [0.1, 0.15) is 16.1 Å². The number of thiazole rings is 1. The van der Waals surface area contributed by atoms with E-state index < -0.39 is 5.97 Å². The molecular weight excluding hydrogens is 240 g/mol. The highest BCUT2D eigenvalue weighted by molar-refractivity contribution is 7.14. The summed E-state index contributed by atoms with van der Waals surface area (Å²) in [6.07, 6.45) is 0. The average molecular weight is 250 g/mol. The zero-order chi connectivity index (χ0) is 12.4. The molecule has 0 unspecified atom stereocenters. The van der Waals surface area contributed by atoms with Crippen molar-refractivity contribution < 1.29 is 15.0 Å².